The second-order valence-electron chi connectivity index (χ2n) is 36.2. The van der Waals surface area contributed by atoms with E-state index < -0.39 is 191 Å². The molecule has 9 atom stereocenters. The maximum absolute atomic E-state index is 13.4. The highest BCUT2D eigenvalue weighted by Crippen LogP contribution is 2.64. The molecule has 12 bridgehead atoms. The summed E-state index contributed by atoms with van der Waals surface area (Å²) < 4.78 is 338. The number of rotatable bonds is 25. The molecule has 129 heavy (non-hydrogen) atoms. The van der Waals surface area contributed by atoms with Crippen LogP contribution in [0.15, 0.2) is 72.8 Å². The fourth-order valence-corrected chi connectivity index (χ4v) is 24.6. The van der Waals surface area contributed by atoms with E-state index in [-0.39, 0.29) is 85.7 Å². The molecule has 728 valence electrons. The van der Waals surface area contributed by atoms with Crippen molar-refractivity contribution in [3.05, 3.63) is 106 Å². The Balaban J connectivity index is 0.000000174. The summed E-state index contributed by atoms with van der Waals surface area (Å²) in [7, 11) is -37.6. The van der Waals surface area contributed by atoms with Crippen molar-refractivity contribution in [2.24, 2.45) is 64.1 Å². The van der Waals surface area contributed by atoms with Crippen molar-refractivity contribution in [1.29, 1.82) is 0 Å². The molecule has 0 amide bonds. The number of carbonyl (C=O) groups is 6. The zero-order chi connectivity index (χ0) is 96.2. The lowest BCUT2D eigenvalue weighted by Gasteiger charge is -2.58. The van der Waals surface area contributed by atoms with Crippen molar-refractivity contribution < 1.29 is 188 Å². The zero-order valence-corrected chi connectivity index (χ0v) is 76.6. The number of halogens is 5. The number of hydrogen-bond acceptors (Lipinski definition) is 37. The Morgan fingerprint density at radius 1 is 0.527 bits per heavy atom. The normalized spacial score (nSPS) is 29.0. The first-order valence-corrected chi connectivity index (χ1v) is 53.6. The fourth-order valence-electron chi connectivity index (χ4n) is 20.7. The molecule has 3 aromatic rings. The lowest BCUT2D eigenvalue weighted by atomic mass is 9.48. The molecule has 1 aliphatic heterocycles. The average Bonchev–Trinajstić information content (AvgIpc) is 1.56. The third kappa shape index (κ3) is 28.5. The van der Waals surface area contributed by atoms with Crippen LogP contribution in [0.1, 0.15) is 206 Å². The van der Waals surface area contributed by atoms with E-state index in [0.29, 0.717) is 73.5 Å². The van der Waals surface area contributed by atoms with Crippen molar-refractivity contribution >= 4 is 117 Å². The quantitative estimate of drug-likeness (QED) is 0.0331. The molecular formula is C79H100F5O37S8-7. The summed E-state index contributed by atoms with van der Waals surface area (Å²) in [4.78, 5) is 70.4. The third-order valence-corrected chi connectivity index (χ3v) is 31.4. The van der Waals surface area contributed by atoms with Crippen molar-refractivity contribution in [1.82, 2.24) is 0 Å². The summed E-state index contributed by atoms with van der Waals surface area (Å²) in [6.07, 6.45) is 12.6. The summed E-state index contributed by atoms with van der Waals surface area (Å²) >= 11 is 0. The van der Waals surface area contributed by atoms with E-state index in [9.17, 15) is 142 Å². The summed E-state index contributed by atoms with van der Waals surface area (Å²) in [5.41, 5.74) is 4.00. The van der Waals surface area contributed by atoms with E-state index in [1.54, 1.807) is 12.1 Å². The maximum Gasteiger partial charge on any atom is 0.428 e. The van der Waals surface area contributed by atoms with E-state index in [0.717, 1.165) is 98.4 Å². The van der Waals surface area contributed by atoms with E-state index >= 15 is 0 Å². The van der Waals surface area contributed by atoms with Gasteiger partial charge >= 0.3 is 46.3 Å². The standard InChI is InChI=1S/C19H16F2O5S.C15H23FO6S.C13H20O5S.C13H18O5S.C9H10F2O8S2.C9H16O5S.CH4O3S/c20-19(21,27(23,24)25)18(22)26-10-11-9-16-12-5-1-3-7-14(12)17(11)15-8-4-2-6-13(15)16;16-12(8-23(19,20)21)1-2-22-13(17)14-4-10-3-11(5-14)7-15(18,6-10)9-14;14-12(18-1-2-19(15,16)17)13-6-9-3-10(7-13)5-11(4-9)8-13;1-13(2,3)11-6-4-10(5-7-11)12(14)18-8-9-19(15,16)17;10-9(11,21(15,16)17)8(12)18-6-3-1-4-5(2-3)20(13,14)19-7(4)6;10-9(8-4-2-1-3-5-8)14-6-7-15(11,12)13;1-5(2,3)4/h1-8,11,16-17H,9-10H2,(H,23,24,25);10-12,18H,1-9H2,(H,19,20,21);9-11H,1-8H2,(H,15,16,17);4-7H,8-9H2,1-3H3,(H,15,16,17);3-7H,1-2H2,(H,15,16,17);8H,1-7H2,(H,11,12,13);1H3,(H,2,3,4)/p-7. The predicted molar refractivity (Wildman–Crippen MR) is 430 cm³/mol. The van der Waals surface area contributed by atoms with Gasteiger partial charge in [-0.15, -0.1) is 0 Å². The van der Waals surface area contributed by atoms with Gasteiger partial charge in [0.05, 0.1) is 120 Å². The lowest BCUT2D eigenvalue weighted by molar-refractivity contribution is -0.196. The molecule has 0 spiro atoms. The molecule has 9 unspecified atom stereocenters. The van der Waals surface area contributed by atoms with Crippen molar-refractivity contribution in [3.8, 4) is 0 Å². The fraction of sp³-hybridized carbons (Fsp3) is 0.696. The van der Waals surface area contributed by atoms with Crippen LogP contribution in [-0.2, 0) is 143 Å². The van der Waals surface area contributed by atoms with Gasteiger partial charge in [0, 0.05) is 42.3 Å². The van der Waals surface area contributed by atoms with Crippen LogP contribution in [0.25, 0.3) is 0 Å². The molecule has 1 N–H and O–H groups in total. The molecule has 11 saturated carbocycles. The monoisotopic (exact) mass is 1990 g/mol. The molecule has 0 radical (unpaired) electrons. The van der Waals surface area contributed by atoms with Crippen LogP contribution < -0.4 is 0 Å². The molecule has 1 heterocycles. The van der Waals surface area contributed by atoms with Gasteiger partial charge in [-0.3, -0.25) is 18.6 Å². The Labute approximate surface area is 744 Å². The number of aliphatic hydroxyl groups is 1. The van der Waals surface area contributed by atoms with Gasteiger partial charge in [-0.1, -0.05) is 101 Å². The Bertz CT molecular complexity index is 5450. The first kappa shape index (κ1) is 106. The molecule has 0 aromatic heterocycles. The summed E-state index contributed by atoms with van der Waals surface area (Å²) in [6, 6.07) is 22.5. The van der Waals surface area contributed by atoms with Gasteiger partial charge in [0.1, 0.15) is 38.2 Å². The number of benzene rings is 3. The van der Waals surface area contributed by atoms with Crippen LogP contribution in [-0.4, -0.2) is 242 Å². The number of carbonyl (C=O) groups excluding carboxylic acids is 6. The van der Waals surface area contributed by atoms with Gasteiger partial charge < -0.3 is 65.4 Å². The van der Waals surface area contributed by atoms with Gasteiger partial charge in [0.25, 0.3) is 10.1 Å². The van der Waals surface area contributed by atoms with E-state index in [1.807, 2.05) is 60.7 Å². The molecular weight excluding hydrogens is 1890 g/mol. The van der Waals surface area contributed by atoms with Gasteiger partial charge in [0.15, 0.2) is 20.2 Å². The van der Waals surface area contributed by atoms with Gasteiger partial charge in [-0.25, -0.2) is 77.7 Å². The lowest BCUT2D eigenvalue weighted by Crippen LogP contribution is -2.58. The topological polar surface area (TPSA) is 622 Å². The van der Waals surface area contributed by atoms with Crippen LogP contribution in [0.5, 0.6) is 0 Å². The Morgan fingerprint density at radius 2 is 0.961 bits per heavy atom. The average molecular weight is 1990 g/mol. The van der Waals surface area contributed by atoms with Crippen LogP contribution in [0, 0.1) is 64.1 Å². The molecule has 1 saturated heterocycles. The van der Waals surface area contributed by atoms with Crippen molar-refractivity contribution in [2.75, 3.05) is 62.3 Å². The molecule has 18 rings (SSSR count). The second-order valence-corrected chi connectivity index (χ2v) is 48.2. The minimum absolute atomic E-state index is 0.0148. The van der Waals surface area contributed by atoms with Crippen molar-refractivity contribution in [2.45, 2.75) is 213 Å². The molecule has 12 fully saturated rings. The predicted octanol–water partition coefficient (Wildman–Crippen LogP) is 6.07. The van der Waals surface area contributed by atoms with Crippen LogP contribution in [0.4, 0.5) is 22.0 Å². The number of ether oxygens (including phenoxy) is 6. The van der Waals surface area contributed by atoms with E-state index in [2.05, 4.69) is 30.2 Å². The minimum atomic E-state index is -6.21. The Hall–Kier alpha value is -6.63. The molecule has 15 aliphatic rings. The van der Waals surface area contributed by atoms with Gasteiger partial charge in [-0.05, 0) is 184 Å². The third-order valence-electron chi connectivity index (χ3n) is 25.2. The van der Waals surface area contributed by atoms with E-state index in [4.69, 9.17) is 36.1 Å². The number of fused-ring (bicyclic) bond motifs is 2. The van der Waals surface area contributed by atoms with Gasteiger partial charge in [-0.2, -0.15) is 26.0 Å². The molecule has 37 nitrogen and oxygen atoms in total. The van der Waals surface area contributed by atoms with Crippen LogP contribution >= 0.6 is 0 Å². The number of hydrogen-bond donors (Lipinski definition) is 1. The number of esters is 6. The largest absolute Gasteiger partial charge is 0.748 e. The summed E-state index contributed by atoms with van der Waals surface area (Å²) in [5.74, 6) is -8.40. The Morgan fingerprint density at radius 3 is 1.42 bits per heavy atom. The second kappa shape index (κ2) is 40.9. The highest BCUT2D eigenvalue weighted by molar-refractivity contribution is 7.88. The minimum Gasteiger partial charge on any atom is -0.748 e. The summed E-state index contributed by atoms with van der Waals surface area (Å²) in [5, 5.41) is -0.459. The number of alkyl halides is 5. The van der Waals surface area contributed by atoms with E-state index in [1.165, 1.54) is 19.3 Å². The first-order valence-electron chi connectivity index (χ1n) is 41.2. The van der Waals surface area contributed by atoms with Crippen molar-refractivity contribution in [3.63, 3.8) is 0 Å². The SMILES string of the molecule is CC(C)(C)c1ccc(C(=O)OCCS(=O)(=O)[O-])cc1.CS(=O)(=O)[O-].O=C(OC1C2CC3C1OS(=O)(=O)C3C2)C(F)(F)S(=O)(=O)[O-].O=C(OCC1CC2c3ccccc3C1c1ccccc12)C(F)(F)S(=O)(=O)[O-].O=C(OCCC(F)CS(=O)(=O)[O-])C12CC3CC(CC(O)(C3)C1)C2.O=C(OCCS(=O)(=O)[O-])C12CC3CC(CC(C3)C1)C2.O=C(OCCS(=O)(=O)[O-])C1CCCCC1. The van der Waals surface area contributed by atoms with Crippen LogP contribution in [0.2, 0.25) is 0 Å². The van der Waals surface area contributed by atoms with Gasteiger partial charge in [0.2, 0.25) is 0 Å². The molecule has 3 aromatic carbocycles. The first-order chi connectivity index (χ1) is 59.2. The Kier molecular flexibility index (Phi) is 33.6. The smallest absolute Gasteiger partial charge is 0.428 e. The van der Waals surface area contributed by atoms with Crippen LogP contribution in [0.3, 0.4) is 0 Å². The zero-order valence-electron chi connectivity index (χ0n) is 70.1. The maximum atomic E-state index is 13.4. The molecule has 50 heteroatoms. The highest BCUT2D eigenvalue weighted by Gasteiger charge is 2.67. The highest BCUT2D eigenvalue weighted by atomic mass is 32.2. The summed E-state index contributed by atoms with van der Waals surface area (Å²) in [6.45, 7) is 4.50. The molecule has 14 aliphatic carbocycles.